The third-order valence-electron chi connectivity index (χ3n) is 3.99. The van der Waals surface area contributed by atoms with Crippen LogP contribution in [0, 0.1) is 5.92 Å². The van der Waals surface area contributed by atoms with E-state index in [0.717, 1.165) is 19.0 Å². The standard InChI is InChI=1S/C17H28N2/c1-14(2)7-5-6-11-18-12-10-15-13-19-17-9-4-3-8-16(15)17/h3-4,8-9,14-15,18-19H,5-7,10-13H2,1-2H3. The lowest BCUT2D eigenvalue weighted by atomic mass is 9.98. The molecule has 0 aliphatic carbocycles. The van der Waals surface area contributed by atoms with Crippen molar-refractivity contribution in [3.05, 3.63) is 29.8 Å². The molecule has 1 aliphatic heterocycles. The molecule has 0 amide bonds. The maximum absolute atomic E-state index is 3.59. The molecule has 106 valence electrons. The second kappa shape index (κ2) is 7.54. The van der Waals surface area contributed by atoms with Crippen LogP contribution in [0.25, 0.3) is 0 Å². The molecule has 0 fully saturated rings. The van der Waals surface area contributed by atoms with Crippen molar-refractivity contribution in [2.24, 2.45) is 5.92 Å². The molecule has 2 N–H and O–H groups in total. The van der Waals surface area contributed by atoms with Crippen LogP contribution in [0.5, 0.6) is 0 Å². The molecule has 0 radical (unpaired) electrons. The molecule has 1 aliphatic rings. The van der Waals surface area contributed by atoms with Gasteiger partial charge in [-0.3, -0.25) is 0 Å². The number of unbranched alkanes of at least 4 members (excludes halogenated alkanes) is 1. The van der Waals surface area contributed by atoms with Gasteiger partial charge in [0.05, 0.1) is 0 Å². The van der Waals surface area contributed by atoms with Gasteiger partial charge in [0.15, 0.2) is 0 Å². The third kappa shape index (κ3) is 4.54. The number of hydrogen-bond acceptors (Lipinski definition) is 2. The van der Waals surface area contributed by atoms with Gasteiger partial charge in [-0.2, -0.15) is 0 Å². The Morgan fingerprint density at radius 1 is 1.21 bits per heavy atom. The van der Waals surface area contributed by atoms with E-state index >= 15 is 0 Å². The normalized spacial score (nSPS) is 17.5. The van der Waals surface area contributed by atoms with Gasteiger partial charge < -0.3 is 10.6 Å². The van der Waals surface area contributed by atoms with Gasteiger partial charge in [0.1, 0.15) is 0 Å². The molecule has 0 saturated heterocycles. The van der Waals surface area contributed by atoms with Crippen molar-refractivity contribution in [3.63, 3.8) is 0 Å². The highest BCUT2D eigenvalue weighted by Crippen LogP contribution is 2.32. The quantitative estimate of drug-likeness (QED) is 0.690. The summed E-state index contributed by atoms with van der Waals surface area (Å²) >= 11 is 0. The minimum Gasteiger partial charge on any atom is -0.384 e. The maximum Gasteiger partial charge on any atom is 0.0376 e. The maximum atomic E-state index is 3.59. The van der Waals surface area contributed by atoms with E-state index in [0.29, 0.717) is 5.92 Å². The van der Waals surface area contributed by atoms with Gasteiger partial charge >= 0.3 is 0 Å². The minimum absolute atomic E-state index is 0.694. The van der Waals surface area contributed by atoms with Gasteiger partial charge in [0.2, 0.25) is 0 Å². The Hall–Kier alpha value is -1.02. The first-order valence-electron chi connectivity index (χ1n) is 7.81. The van der Waals surface area contributed by atoms with E-state index in [9.17, 15) is 0 Å². The predicted molar refractivity (Wildman–Crippen MR) is 83.8 cm³/mol. The molecule has 1 aromatic carbocycles. The van der Waals surface area contributed by atoms with Gasteiger partial charge in [-0.1, -0.05) is 44.9 Å². The zero-order valence-corrected chi connectivity index (χ0v) is 12.4. The third-order valence-corrected chi connectivity index (χ3v) is 3.99. The first-order chi connectivity index (χ1) is 9.27. The largest absolute Gasteiger partial charge is 0.384 e. The Labute approximate surface area is 118 Å². The fraction of sp³-hybridized carbons (Fsp3) is 0.647. The summed E-state index contributed by atoms with van der Waals surface area (Å²) < 4.78 is 0. The van der Waals surface area contributed by atoms with E-state index in [4.69, 9.17) is 0 Å². The minimum atomic E-state index is 0.694. The Kier molecular flexibility index (Phi) is 5.71. The van der Waals surface area contributed by atoms with Crippen LogP contribution in [0.4, 0.5) is 5.69 Å². The molecule has 1 unspecified atom stereocenters. The van der Waals surface area contributed by atoms with Crippen molar-refractivity contribution >= 4 is 5.69 Å². The topological polar surface area (TPSA) is 24.1 Å². The molecule has 0 saturated carbocycles. The molecular formula is C17H28N2. The van der Waals surface area contributed by atoms with E-state index < -0.39 is 0 Å². The smallest absolute Gasteiger partial charge is 0.0376 e. The first-order valence-corrected chi connectivity index (χ1v) is 7.81. The first kappa shape index (κ1) is 14.4. The van der Waals surface area contributed by atoms with Gasteiger partial charge in [-0.25, -0.2) is 0 Å². The van der Waals surface area contributed by atoms with Crippen LogP contribution in [-0.2, 0) is 0 Å². The number of nitrogens with one attached hydrogen (secondary N) is 2. The summed E-state index contributed by atoms with van der Waals surface area (Å²) in [6, 6.07) is 8.72. The van der Waals surface area contributed by atoms with Gasteiger partial charge in [-0.15, -0.1) is 0 Å². The average Bonchev–Trinajstić information content (AvgIpc) is 2.81. The molecule has 2 rings (SSSR count). The summed E-state index contributed by atoms with van der Waals surface area (Å²) in [6.07, 6.45) is 5.28. The van der Waals surface area contributed by atoms with Crippen LogP contribution in [-0.4, -0.2) is 19.6 Å². The highest BCUT2D eigenvalue weighted by atomic mass is 14.9. The fourth-order valence-corrected chi connectivity index (χ4v) is 2.82. The average molecular weight is 260 g/mol. The van der Waals surface area contributed by atoms with Crippen molar-refractivity contribution in [2.45, 2.75) is 45.4 Å². The van der Waals surface area contributed by atoms with Crippen molar-refractivity contribution < 1.29 is 0 Å². The number of rotatable bonds is 8. The second-order valence-corrected chi connectivity index (χ2v) is 6.09. The van der Waals surface area contributed by atoms with E-state index in [2.05, 4.69) is 48.7 Å². The SMILES string of the molecule is CC(C)CCCCNCCC1CNc2ccccc21. The summed E-state index contributed by atoms with van der Waals surface area (Å²) in [4.78, 5) is 0. The monoisotopic (exact) mass is 260 g/mol. The lowest BCUT2D eigenvalue weighted by molar-refractivity contribution is 0.512. The molecule has 1 heterocycles. The summed E-state index contributed by atoms with van der Waals surface area (Å²) in [6.45, 7) is 8.03. The molecule has 0 spiro atoms. The summed E-state index contributed by atoms with van der Waals surface area (Å²) in [5.74, 6) is 1.54. The Bertz CT molecular complexity index is 373. The zero-order valence-electron chi connectivity index (χ0n) is 12.4. The molecular weight excluding hydrogens is 232 g/mol. The summed E-state index contributed by atoms with van der Waals surface area (Å²) in [5.41, 5.74) is 2.84. The van der Waals surface area contributed by atoms with Crippen LogP contribution >= 0.6 is 0 Å². The zero-order chi connectivity index (χ0) is 13.5. The Balaban J connectivity index is 1.57. The van der Waals surface area contributed by atoms with E-state index in [1.54, 1.807) is 0 Å². The number of anilines is 1. The second-order valence-electron chi connectivity index (χ2n) is 6.09. The highest BCUT2D eigenvalue weighted by molar-refractivity contribution is 5.57. The van der Waals surface area contributed by atoms with Crippen molar-refractivity contribution in [1.29, 1.82) is 0 Å². The van der Waals surface area contributed by atoms with E-state index in [1.165, 1.54) is 43.5 Å². The molecule has 0 aromatic heterocycles. The molecule has 1 atom stereocenters. The molecule has 2 heteroatoms. The van der Waals surface area contributed by atoms with Crippen molar-refractivity contribution in [1.82, 2.24) is 5.32 Å². The van der Waals surface area contributed by atoms with Crippen molar-refractivity contribution in [3.8, 4) is 0 Å². The van der Waals surface area contributed by atoms with Crippen LogP contribution < -0.4 is 10.6 Å². The van der Waals surface area contributed by atoms with Gasteiger partial charge in [0.25, 0.3) is 0 Å². The van der Waals surface area contributed by atoms with Crippen molar-refractivity contribution in [2.75, 3.05) is 25.0 Å². The van der Waals surface area contributed by atoms with Crippen LogP contribution in [0.1, 0.15) is 51.0 Å². The van der Waals surface area contributed by atoms with Crippen LogP contribution in [0.3, 0.4) is 0 Å². The summed E-state index contributed by atoms with van der Waals surface area (Å²) in [7, 11) is 0. The number of fused-ring (bicyclic) bond motifs is 1. The van der Waals surface area contributed by atoms with Gasteiger partial charge in [-0.05, 0) is 43.5 Å². The predicted octanol–water partition coefficient (Wildman–Crippen LogP) is 4.00. The van der Waals surface area contributed by atoms with Crippen LogP contribution in [0.2, 0.25) is 0 Å². The number of para-hydroxylation sites is 1. The van der Waals surface area contributed by atoms with E-state index in [1.807, 2.05) is 0 Å². The van der Waals surface area contributed by atoms with E-state index in [-0.39, 0.29) is 0 Å². The molecule has 0 bridgehead atoms. The Morgan fingerprint density at radius 2 is 2.05 bits per heavy atom. The fourth-order valence-electron chi connectivity index (χ4n) is 2.82. The highest BCUT2D eigenvalue weighted by Gasteiger charge is 2.20. The molecule has 1 aromatic rings. The lowest BCUT2D eigenvalue weighted by Crippen LogP contribution is -2.19. The van der Waals surface area contributed by atoms with Gasteiger partial charge in [0, 0.05) is 18.2 Å². The number of hydrogen-bond donors (Lipinski definition) is 2. The molecule has 19 heavy (non-hydrogen) atoms. The Morgan fingerprint density at radius 3 is 2.89 bits per heavy atom. The number of benzene rings is 1. The molecule has 2 nitrogen and oxygen atoms in total. The summed E-state index contributed by atoms with van der Waals surface area (Å²) in [5, 5.41) is 7.09. The van der Waals surface area contributed by atoms with Crippen LogP contribution in [0.15, 0.2) is 24.3 Å². The lowest BCUT2D eigenvalue weighted by Gasteiger charge is -2.11.